The molecule has 0 aliphatic carbocycles. The molecular formula is C22H22N2O4. The fourth-order valence-corrected chi connectivity index (χ4v) is 4.73. The van der Waals surface area contributed by atoms with Crippen molar-refractivity contribution in [3.63, 3.8) is 0 Å². The van der Waals surface area contributed by atoms with E-state index >= 15 is 0 Å². The molecule has 3 aliphatic rings. The number of ether oxygens (including phenoxy) is 1. The lowest BCUT2D eigenvalue weighted by atomic mass is 9.92. The number of hydrogen-bond donors (Lipinski definition) is 1. The fourth-order valence-electron chi connectivity index (χ4n) is 4.73. The summed E-state index contributed by atoms with van der Waals surface area (Å²) in [6.45, 7) is 2.74. The first-order valence-electron chi connectivity index (χ1n) is 9.82. The number of hydrogen-bond acceptors (Lipinski definition) is 4. The Bertz CT molecular complexity index is 971. The third-order valence-corrected chi connectivity index (χ3v) is 6.11. The van der Waals surface area contributed by atoms with Crippen LogP contribution in [0.15, 0.2) is 36.4 Å². The molecular weight excluding hydrogens is 356 g/mol. The van der Waals surface area contributed by atoms with Gasteiger partial charge in [-0.05, 0) is 72.8 Å². The molecule has 6 nitrogen and oxygen atoms in total. The number of fused-ring (bicyclic) bond motifs is 4. The Morgan fingerprint density at radius 1 is 1.07 bits per heavy atom. The van der Waals surface area contributed by atoms with Gasteiger partial charge in [0.25, 0.3) is 5.91 Å². The van der Waals surface area contributed by atoms with Crippen LogP contribution in [-0.4, -0.2) is 41.7 Å². The second-order valence-electron chi connectivity index (χ2n) is 7.67. The van der Waals surface area contributed by atoms with Crippen LogP contribution >= 0.6 is 0 Å². The molecule has 2 aromatic rings. The molecule has 3 heterocycles. The van der Waals surface area contributed by atoms with Gasteiger partial charge in [0.05, 0.1) is 12.3 Å². The first kappa shape index (κ1) is 17.3. The van der Waals surface area contributed by atoms with Gasteiger partial charge in [0.15, 0.2) is 0 Å². The van der Waals surface area contributed by atoms with Gasteiger partial charge < -0.3 is 9.84 Å². The van der Waals surface area contributed by atoms with Crippen molar-refractivity contribution >= 4 is 17.7 Å². The van der Waals surface area contributed by atoms with Crippen molar-refractivity contribution in [2.75, 3.05) is 24.6 Å². The summed E-state index contributed by atoms with van der Waals surface area (Å²) in [6, 6.07) is 11.1. The third-order valence-electron chi connectivity index (χ3n) is 6.11. The fraction of sp³-hybridized carbons (Fsp3) is 0.364. The quantitative estimate of drug-likeness (QED) is 0.864. The van der Waals surface area contributed by atoms with Gasteiger partial charge in [-0.15, -0.1) is 0 Å². The average Bonchev–Trinajstić information content (AvgIpc) is 3.36. The molecule has 1 saturated heterocycles. The highest BCUT2D eigenvalue weighted by molar-refractivity contribution is 6.18. The summed E-state index contributed by atoms with van der Waals surface area (Å²) in [4.78, 5) is 28.4. The van der Waals surface area contributed by atoms with Crippen molar-refractivity contribution in [1.82, 2.24) is 4.90 Å². The number of imide groups is 1. The zero-order valence-electron chi connectivity index (χ0n) is 15.6. The van der Waals surface area contributed by atoms with Gasteiger partial charge in [-0.3, -0.25) is 9.69 Å². The smallest absolute Gasteiger partial charge is 0.419 e. The summed E-state index contributed by atoms with van der Waals surface area (Å²) in [5.41, 5.74) is 4.17. The van der Waals surface area contributed by atoms with E-state index in [0.717, 1.165) is 55.0 Å². The molecule has 0 spiro atoms. The third kappa shape index (κ3) is 2.76. The van der Waals surface area contributed by atoms with Crippen molar-refractivity contribution in [2.45, 2.75) is 31.7 Å². The number of benzene rings is 2. The average molecular weight is 378 g/mol. The summed E-state index contributed by atoms with van der Waals surface area (Å²) in [6.07, 6.45) is 2.69. The molecule has 0 saturated carbocycles. The number of carbonyl (C=O) groups excluding carboxylic acids is 1. The Morgan fingerprint density at radius 3 is 2.82 bits per heavy atom. The lowest BCUT2D eigenvalue weighted by molar-refractivity contribution is 0.0983. The molecule has 28 heavy (non-hydrogen) atoms. The van der Waals surface area contributed by atoms with Crippen molar-refractivity contribution in [3.8, 4) is 5.75 Å². The predicted octanol–water partition coefficient (Wildman–Crippen LogP) is 3.64. The summed E-state index contributed by atoms with van der Waals surface area (Å²) in [5, 5.41) is 9.81. The summed E-state index contributed by atoms with van der Waals surface area (Å²) < 4.78 is 5.48. The Kier molecular flexibility index (Phi) is 4.09. The Hall–Kier alpha value is -2.86. The van der Waals surface area contributed by atoms with E-state index in [-0.39, 0.29) is 0 Å². The normalized spacial score (nSPS) is 20.1. The van der Waals surface area contributed by atoms with Gasteiger partial charge in [0, 0.05) is 24.6 Å². The van der Waals surface area contributed by atoms with Gasteiger partial charge in [-0.1, -0.05) is 6.07 Å². The Morgan fingerprint density at radius 2 is 1.96 bits per heavy atom. The number of anilines is 1. The summed E-state index contributed by atoms with van der Waals surface area (Å²) >= 11 is 0. The highest BCUT2D eigenvalue weighted by atomic mass is 16.5. The topological polar surface area (TPSA) is 70.1 Å². The highest BCUT2D eigenvalue weighted by Gasteiger charge is 2.33. The summed E-state index contributed by atoms with van der Waals surface area (Å²) in [7, 11) is 0. The van der Waals surface area contributed by atoms with Crippen LogP contribution in [0.2, 0.25) is 0 Å². The second kappa shape index (κ2) is 6.63. The Balaban J connectivity index is 1.51. The molecule has 0 radical (unpaired) electrons. The molecule has 2 aromatic carbocycles. The molecule has 0 aromatic heterocycles. The van der Waals surface area contributed by atoms with Crippen LogP contribution in [0.1, 0.15) is 45.9 Å². The van der Waals surface area contributed by atoms with Crippen molar-refractivity contribution in [3.05, 3.63) is 58.7 Å². The standard InChI is InChI=1S/C22H22N2O4/c25-21(16-4-6-20-15(12-16)8-11-28-20)24(22(26)27)17-5-3-14-7-10-23-9-1-2-19(23)18(14)13-17/h3-6,12-13,19H,1-2,7-11H2,(H,26,27). The second-order valence-corrected chi connectivity index (χ2v) is 7.67. The monoisotopic (exact) mass is 378 g/mol. The van der Waals surface area contributed by atoms with E-state index in [1.807, 2.05) is 12.1 Å². The molecule has 144 valence electrons. The van der Waals surface area contributed by atoms with Crippen LogP contribution in [0.4, 0.5) is 10.5 Å². The maximum absolute atomic E-state index is 13.1. The lowest BCUT2D eigenvalue weighted by Gasteiger charge is -2.32. The van der Waals surface area contributed by atoms with Crippen LogP contribution in [-0.2, 0) is 12.8 Å². The van der Waals surface area contributed by atoms with E-state index in [9.17, 15) is 14.7 Å². The molecule has 1 fully saturated rings. The number of carboxylic acid groups (broad SMARTS) is 1. The minimum absolute atomic E-state index is 0.339. The number of rotatable bonds is 2. The van der Waals surface area contributed by atoms with Crippen LogP contribution in [0, 0.1) is 0 Å². The highest BCUT2D eigenvalue weighted by Crippen LogP contribution is 2.39. The first-order chi connectivity index (χ1) is 13.6. The van der Waals surface area contributed by atoms with E-state index in [2.05, 4.69) is 4.90 Å². The minimum Gasteiger partial charge on any atom is -0.493 e. The molecule has 1 N–H and O–H groups in total. The zero-order chi connectivity index (χ0) is 19.3. The first-order valence-corrected chi connectivity index (χ1v) is 9.82. The number of carbonyl (C=O) groups is 2. The molecule has 2 amide bonds. The maximum atomic E-state index is 13.1. The molecule has 1 unspecified atom stereocenters. The van der Waals surface area contributed by atoms with Crippen molar-refractivity contribution < 1.29 is 19.4 Å². The lowest BCUT2D eigenvalue weighted by Crippen LogP contribution is -2.36. The van der Waals surface area contributed by atoms with Gasteiger partial charge >= 0.3 is 6.09 Å². The van der Waals surface area contributed by atoms with Crippen LogP contribution in [0.3, 0.4) is 0 Å². The van der Waals surface area contributed by atoms with E-state index < -0.39 is 12.0 Å². The van der Waals surface area contributed by atoms with Gasteiger partial charge in [-0.2, -0.15) is 0 Å². The molecule has 5 rings (SSSR count). The van der Waals surface area contributed by atoms with Gasteiger partial charge in [-0.25, -0.2) is 9.69 Å². The molecule has 3 aliphatic heterocycles. The van der Waals surface area contributed by atoms with Crippen LogP contribution < -0.4 is 9.64 Å². The largest absolute Gasteiger partial charge is 0.493 e. The van der Waals surface area contributed by atoms with E-state index in [1.54, 1.807) is 24.3 Å². The minimum atomic E-state index is -1.26. The van der Waals surface area contributed by atoms with Gasteiger partial charge in [0.1, 0.15) is 5.75 Å². The van der Waals surface area contributed by atoms with Crippen molar-refractivity contribution in [2.24, 2.45) is 0 Å². The zero-order valence-corrected chi connectivity index (χ0v) is 15.6. The van der Waals surface area contributed by atoms with Crippen molar-refractivity contribution in [1.29, 1.82) is 0 Å². The number of amides is 2. The number of nitrogens with zero attached hydrogens (tertiary/aromatic N) is 2. The Labute approximate surface area is 163 Å². The van der Waals surface area contributed by atoms with E-state index in [4.69, 9.17) is 4.74 Å². The maximum Gasteiger partial charge on any atom is 0.419 e. The molecule has 6 heteroatoms. The van der Waals surface area contributed by atoms with Gasteiger partial charge in [0.2, 0.25) is 0 Å². The van der Waals surface area contributed by atoms with Crippen LogP contribution in [0.25, 0.3) is 0 Å². The molecule has 1 atom stereocenters. The molecule has 0 bridgehead atoms. The predicted molar refractivity (Wildman–Crippen MR) is 104 cm³/mol. The van der Waals surface area contributed by atoms with Crippen LogP contribution in [0.5, 0.6) is 5.75 Å². The van der Waals surface area contributed by atoms with E-state index in [1.165, 1.54) is 11.1 Å². The summed E-state index contributed by atoms with van der Waals surface area (Å²) in [5.74, 6) is 0.245. The SMILES string of the molecule is O=C(O)N(C(=O)c1ccc2c(c1)CCO2)c1ccc2c(c1)C1CCCN1CC2. The van der Waals surface area contributed by atoms with E-state index in [0.29, 0.717) is 23.9 Å².